The van der Waals surface area contributed by atoms with Gasteiger partial charge in [0.05, 0.1) is 6.26 Å². The third kappa shape index (κ3) is 12.1. The van der Waals surface area contributed by atoms with Crippen molar-refractivity contribution in [3.05, 3.63) is 0 Å². The van der Waals surface area contributed by atoms with Crippen LogP contribution >= 0.6 is 0 Å². The van der Waals surface area contributed by atoms with E-state index in [0.717, 1.165) is 6.26 Å². The van der Waals surface area contributed by atoms with Gasteiger partial charge in [-0.05, 0) is 34.6 Å². The standard InChI is InChI=1S/C12H27N3O3S/c1-11(2,3)14-8-7-10(16)13-9-12(4,5)15-19(6,17)18/h14-15H,7-9H2,1-6H3,(H,13,16). The molecule has 0 fully saturated rings. The third-order valence-electron chi connectivity index (χ3n) is 2.20. The Morgan fingerprint density at radius 3 is 2.05 bits per heavy atom. The number of rotatable bonds is 7. The molecule has 0 rings (SSSR count). The normalized spacial score (nSPS) is 13.4. The second-order valence-electron chi connectivity index (χ2n) is 6.46. The van der Waals surface area contributed by atoms with Gasteiger partial charge < -0.3 is 10.6 Å². The molecule has 0 aromatic rings. The zero-order chi connectivity index (χ0) is 15.3. The Kier molecular flexibility index (Phi) is 6.44. The van der Waals surface area contributed by atoms with Crippen LogP contribution < -0.4 is 15.4 Å². The Morgan fingerprint density at radius 1 is 1.11 bits per heavy atom. The van der Waals surface area contributed by atoms with E-state index in [-0.39, 0.29) is 18.0 Å². The van der Waals surface area contributed by atoms with Crippen LogP contribution in [0.25, 0.3) is 0 Å². The van der Waals surface area contributed by atoms with E-state index in [2.05, 4.69) is 15.4 Å². The van der Waals surface area contributed by atoms with Gasteiger partial charge in [-0.25, -0.2) is 13.1 Å². The van der Waals surface area contributed by atoms with E-state index in [9.17, 15) is 13.2 Å². The van der Waals surface area contributed by atoms with Crippen molar-refractivity contribution in [3.63, 3.8) is 0 Å². The van der Waals surface area contributed by atoms with E-state index in [1.807, 2.05) is 20.8 Å². The van der Waals surface area contributed by atoms with Crippen molar-refractivity contribution in [2.45, 2.75) is 52.1 Å². The van der Waals surface area contributed by atoms with Crippen LogP contribution in [-0.2, 0) is 14.8 Å². The highest BCUT2D eigenvalue weighted by Crippen LogP contribution is 2.02. The lowest BCUT2D eigenvalue weighted by atomic mass is 10.1. The number of nitrogens with one attached hydrogen (secondary N) is 3. The SMILES string of the molecule is CC(C)(C)NCCC(=O)NCC(C)(C)NS(C)(=O)=O. The molecule has 0 heterocycles. The van der Waals surface area contributed by atoms with Crippen molar-refractivity contribution in [3.8, 4) is 0 Å². The molecule has 0 atom stereocenters. The van der Waals surface area contributed by atoms with E-state index in [1.165, 1.54) is 0 Å². The molecule has 3 N–H and O–H groups in total. The van der Waals surface area contributed by atoms with E-state index < -0.39 is 15.6 Å². The molecule has 0 radical (unpaired) electrons. The van der Waals surface area contributed by atoms with E-state index in [1.54, 1.807) is 13.8 Å². The molecular formula is C12H27N3O3S. The van der Waals surface area contributed by atoms with Gasteiger partial charge in [-0.3, -0.25) is 4.79 Å². The van der Waals surface area contributed by atoms with Crippen LogP contribution in [0.2, 0.25) is 0 Å². The molecule has 0 aromatic carbocycles. The highest BCUT2D eigenvalue weighted by Gasteiger charge is 2.22. The van der Waals surface area contributed by atoms with Crippen LogP contribution in [0.15, 0.2) is 0 Å². The summed E-state index contributed by atoms with van der Waals surface area (Å²) < 4.78 is 24.8. The topological polar surface area (TPSA) is 87.3 Å². The summed E-state index contributed by atoms with van der Waals surface area (Å²) in [5, 5.41) is 5.94. The second kappa shape index (κ2) is 6.67. The van der Waals surface area contributed by atoms with Crippen LogP contribution in [0, 0.1) is 0 Å². The average molecular weight is 293 g/mol. The lowest BCUT2D eigenvalue weighted by molar-refractivity contribution is -0.121. The zero-order valence-corrected chi connectivity index (χ0v) is 13.6. The molecule has 7 heteroatoms. The molecule has 19 heavy (non-hydrogen) atoms. The lowest BCUT2D eigenvalue weighted by Crippen LogP contribution is -2.51. The number of amides is 1. The van der Waals surface area contributed by atoms with Crippen LogP contribution in [0.4, 0.5) is 0 Å². The monoisotopic (exact) mass is 293 g/mol. The lowest BCUT2D eigenvalue weighted by Gasteiger charge is -2.25. The van der Waals surface area contributed by atoms with Crippen LogP contribution in [-0.4, -0.2) is 44.7 Å². The second-order valence-corrected chi connectivity index (χ2v) is 8.21. The molecule has 0 aliphatic heterocycles. The predicted octanol–water partition coefficient (Wildman–Crippen LogP) is 0.209. The summed E-state index contributed by atoms with van der Waals surface area (Å²) >= 11 is 0. The van der Waals surface area contributed by atoms with Crippen LogP contribution in [0.5, 0.6) is 0 Å². The van der Waals surface area contributed by atoms with Gasteiger partial charge in [-0.1, -0.05) is 0 Å². The highest BCUT2D eigenvalue weighted by molar-refractivity contribution is 7.88. The largest absolute Gasteiger partial charge is 0.354 e. The number of carbonyl (C=O) groups excluding carboxylic acids is 1. The molecule has 0 aromatic heterocycles. The summed E-state index contributed by atoms with van der Waals surface area (Å²) in [5.41, 5.74) is -0.710. The maximum atomic E-state index is 11.6. The highest BCUT2D eigenvalue weighted by atomic mass is 32.2. The maximum absolute atomic E-state index is 11.6. The minimum absolute atomic E-state index is 0.0165. The molecule has 0 unspecified atom stereocenters. The van der Waals surface area contributed by atoms with Crippen LogP contribution in [0.1, 0.15) is 41.0 Å². The first-order chi connectivity index (χ1) is 8.31. The summed E-state index contributed by atoms with van der Waals surface area (Å²) in [5.74, 6) is -0.0971. The zero-order valence-electron chi connectivity index (χ0n) is 12.8. The minimum atomic E-state index is -3.28. The number of carbonyl (C=O) groups is 1. The van der Waals surface area contributed by atoms with Crippen molar-refractivity contribution in [1.82, 2.24) is 15.4 Å². The van der Waals surface area contributed by atoms with Crippen molar-refractivity contribution in [2.75, 3.05) is 19.3 Å². The molecule has 0 saturated carbocycles. The van der Waals surface area contributed by atoms with Gasteiger partial charge in [-0.2, -0.15) is 0 Å². The van der Waals surface area contributed by atoms with Gasteiger partial charge in [0.15, 0.2) is 0 Å². The van der Waals surface area contributed by atoms with E-state index in [0.29, 0.717) is 13.0 Å². The molecular weight excluding hydrogens is 266 g/mol. The Labute approximate surface area is 116 Å². The fraction of sp³-hybridized carbons (Fsp3) is 0.917. The van der Waals surface area contributed by atoms with Crippen molar-refractivity contribution in [2.24, 2.45) is 0 Å². The first-order valence-corrected chi connectivity index (χ1v) is 8.21. The third-order valence-corrected chi connectivity index (χ3v) is 3.12. The van der Waals surface area contributed by atoms with Gasteiger partial charge in [0.1, 0.15) is 0 Å². The molecule has 114 valence electrons. The predicted molar refractivity (Wildman–Crippen MR) is 77.4 cm³/mol. The molecule has 6 nitrogen and oxygen atoms in total. The van der Waals surface area contributed by atoms with Crippen molar-refractivity contribution >= 4 is 15.9 Å². The Hall–Kier alpha value is -0.660. The average Bonchev–Trinajstić information content (AvgIpc) is 2.09. The van der Waals surface area contributed by atoms with Crippen molar-refractivity contribution < 1.29 is 13.2 Å². The number of hydrogen-bond acceptors (Lipinski definition) is 4. The molecule has 1 amide bonds. The van der Waals surface area contributed by atoms with Gasteiger partial charge in [-0.15, -0.1) is 0 Å². The molecule has 0 saturated heterocycles. The number of sulfonamides is 1. The fourth-order valence-corrected chi connectivity index (χ4v) is 2.57. The first-order valence-electron chi connectivity index (χ1n) is 6.31. The summed E-state index contributed by atoms with van der Waals surface area (Å²) in [6.07, 6.45) is 1.47. The maximum Gasteiger partial charge on any atom is 0.221 e. The summed E-state index contributed by atoms with van der Waals surface area (Å²) in [4.78, 5) is 11.6. The summed E-state index contributed by atoms with van der Waals surface area (Å²) in [6, 6.07) is 0. The molecule has 0 spiro atoms. The molecule has 0 aliphatic rings. The van der Waals surface area contributed by atoms with E-state index in [4.69, 9.17) is 0 Å². The Balaban J connectivity index is 4.03. The minimum Gasteiger partial charge on any atom is -0.354 e. The van der Waals surface area contributed by atoms with Gasteiger partial charge >= 0.3 is 0 Å². The van der Waals surface area contributed by atoms with Gasteiger partial charge in [0.2, 0.25) is 15.9 Å². The molecule has 0 bridgehead atoms. The van der Waals surface area contributed by atoms with E-state index >= 15 is 0 Å². The first kappa shape index (κ1) is 18.3. The van der Waals surface area contributed by atoms with Crippen LogP contribution in [0.3, 0.4) is 0 Å². The summed E-state index contributed by atoms with van der Waals surface area (Å²) in [7, 11) is -3.28. The van der Waals surface area contributed by atoms with Gasteiger partial charge in [0.25, 0.3) is 0 Å². The number of hydrogen-bond donors (Lipinski definition) is 3. The Bertz CT molecular complexity index is 397. The van der Waals surface area contributed by atoms with Gasteiger partial charge in [0, 0.05) is 30.6 Å². The quantitative estimate of drug-likeness (QED) is 0.626. The van der Waals surface area contributed by atoms with Crippen molar-refractivity contribution in [1.29, 1.82) is 0 Å². The fourth-order valence-electron chi connectivity index (χ4n) is 1.50. The molecule has 0 aliphatic carbocycles. The Morgan fingerprint density at radius 2 is 1.63 bits per heavy atom. The smallest absolute Gasteiger partial charge is 0.221 e. The summed E-state index contributed by atoms with van der Waals surface area (Å²) in [6.45, 7) is 10.4.